The number of hydrogen-bond acceptors (Lipinski definition) is 16. The van der Waals surface area contributed by atoms with E-state index in [2.05, 4.69) is 10.6 Å². The summed E-state index contributed by atoms with van der Waals surface area (Å²) in [6.45, 7) is 21.6. The third-order valence-electron chi connectivity index (χ3n) is 13.2. The van der Waals surface area contributed by atoms with Gasteiger partial charge in [-0.15, -0.1) is 0 Å². The van der Waals surface area contributed by atoms with E-state index in [1.54, 1.807) is 41.5 Å². The number of cyclic esters (lactones) is 1. The van der Waals surface area contributed by atoms with Crippen LogP contribution in [-0.4, -0.2) is 169 Å². The Hall–Kier alpha value is -2.03. The quantitative estimate of drug-likeness (QED) is 0.168. The summed E-state index contributed by atoms with van der Waals surface area (Å²) in [5.41, 5.74) is -4.33. The lowest BCUT2D eigenvalue weighted by Crippen LogP contribution is -2.61. The van der Waals surface area contributed by atoms with Gasteiger partial charge in [-0.1, -0.05) is 34.6 Å². The van der Waals surface area contributed by atoms with E-state index in [-0.39, 0.29) is 43.9 Å². The normalized spacial score (nSPS) is 43.6. The van der Waals surface area contributed by atoms with Gasteiger partial charge in [-0.2, -0.15) is 0 Å². The molecule has 3 fully saturated rings. The van der Waals surface area contributed by atoms with Crippen LogP contribution in [-0.2, 0) is 52.3 Å². The second-order valence-electron chi connectivity index (χ2n) is 19.1. The van der Waals surface area contributed by atoms with Crippen LogP contribution in [0.2, 0.25) is 0 Å². The zero-order chi connectivity index (χ0) is 46.4. The van der Waals surface area contributed by atoms with E-state index in [0.717, 1.165) is 0 Å². The van der Waals surface area contributed by atoms with Crippen molar-refractivity contribution in [1.29, 1.82) is 0 Å². The first-order valence-corrected chi connectivity index (χ1v) is 22.2. The number of carbonyl (C=O) groups excluding carboxylic acids is 3. The summed E-state index contributed by atoms with van der Waals surface area (Å²) in [5, 5.41) is 40.9. The number of esters is 2. The van der Waals surface area contributed by atoms with Gasteiger partial charge in [0, 0.05) is 51.1 Å². The predicted octanol–water partition coefficient (Wildman–Crippen LogP) is 2.68. The lowest BCUT2D eigenvalue weighted by molar-refractivity contribution is -0.320. The second-order valence-corrected chi connectivity index (χ2v) is 19.1. The Labute approximate surface area is 364 Å². The van der Waals surface area contributed by atoms with Gasteiger partial charge in [0.2, 0.25) is 5.91 Å². The molecule has 0 aliphatic carbocycles. The molecule has 0 saturated carbocycles. The number of aliphatic hydroxyl groups excluding tert-OH is 2. The molecule has 5 N–H and O–H groups in total. The van der Waals surface area contributed by atoms with E-state index < -0.39 is 114 Å². The highest BCUT2D eigenvalue weighted by molar-refractivity contribution is 5.78. The van der Waals surface area contributed by atoms with E-state index in [0.29, 0.717) is 13.0 Å². The van der Waals surface area contributed by atoms with Crippen LogP contribution in [0.15, 0.2) is 0 Å². The minimum Gasteiger partial charge on any atom is -0.459 e. The van der Waals surface area contributed by atoms with Crippen molar-refractivity contribution < 1.29 is 67.6 Å². The van der Waals surface area contributed by atoms with Crippen molar-refractivity contribution in [1.82, 2.24) is 15.5 Å². The van der Waals surface area contributed by atoms with Crippen molar-refractivity contribution in [2.45, 2.75) is 212 Å². The molecule has 0 radical (unpaired) electrons. The topological polar surface area (TPSA) is 213 Å². The molecule has 18 atom stereocenters. The summed E-state index contributed by atoms with van der Waals surface area (Å²) in [6, 6.07) is -1.05. The molecule has 3 aliphatic heterocycles. The van der Waals surface area contributed by atoms with Crippen LogP contribution in [0, 0.1) is 17.8 Å². The Bertz CT molecular complexity index is 1420. The number of likely N-dealkylation sites (N-methyl/N-ethyl adjacent to an activating group) is 1. The number of nitrogens with one attached hydrogen (secondary N) is 2. The smallest absolute Gasteiger partial charge is 0.311 e. The molecule has 0 spiro atoms. The lowest BCUT2D eigenvalue weighted by atomic mass is 9.77. The van der Waals surface area contributed by atoms with Crippen LogP contribution < -0.4 is 10.6 Å². The molecule has 17 heteroatoms. The maximum absolute atomic E-state index is 14.5. The maximum Gasteiger partial charge on any atom is 0.311 e. The van der Waals surface area contributed by atoms with E-state index in [4.69, 9.17) is 37.9 Å². The summed E-state index contributed by atoms with van der Waals surface area (Å²) in [5.74, 6) is -4.12. The third-order valence-corrected chi connectivity index (χ3v) is 13.2. The van der Waals surface area contributed by atoms with E-state index in [9.17, 15) is 29.7 Å². The van der Waals surface area contributed by atoms with Crippen molar-refractivity contribution in [2.24, 2.45) is 17.8 Å². The van der Waals surface area contributed by atoms with Crippen LogP contribution >= 0.6 is 0 Å². The van der Waals surface area contributed by atoms with Gasteiger partial charge in [0.15, 0.2) is 18.7 Å². The summed E-state index contributed by atoms with van der Waals surface area (Å²) < 4.78 is 50.9. The average Bonchev–Trinajstić information content (AvgIpc) is 3.18. The molecule has 0 unspecified atom stereocenters. The van der Waals surface area contributed by atoms with Gasteiger partial charge in [-0.25, -0.2) is 0 Å². The second kappa shape index (κ2) is 22.2. The fraction of sp³-hybridized carbons (Fsp3) is 0.932. The zero-order valence-electron chi connectivity index (χ0n) is 39.8. The molecule has 356 valence electrons. The molecule has 3 aliphatic rings. The number of nitrogens with zero attached hydrogens (tertiary/aromatic N) is 1. The van der Waals surface area contributed by atoms with Crippen molar-refractivity contribution in [2.75, 3.05) is 34.9 Å². The Balaban J connectivity index is 2.17. The molecule has 3 saturated heterocycles. The number of hydrogen-bond donors (Lipinski definition) is 5. The molecule has 0 aromatic heterocycles. The molecule has 0 aromatic carbocycles. The van der Waals surface area contributed by atoms with Gasteiger partial charge in [-0.05, 0) is 81.8 Å². The van der Waals surface area contributed by atoms with Crippen molar-refractivity contribution in [3.8, 4) is 0 Å². The third kappa shape index (κ3) is 13.0. The molecule has 17 nitrogen and oxygen atoms in total. The minimum atomic E-state index is -1.97. The van der Waals surface area contributed by atoms with Crippen LogP contribution in [0.25, 0.3) is 0 Å². The predicted molar refractivity (Wildman–Crippen MR) is 226 cm³/mol. The largest absolute Gasteiger partial charge is 0.459 e. The summed E-state index contributed by atoms with van der Waals surface area (Å²) in [4.78, 5) is 43.2. The fourth-order valence-electron chi connectivity index (χ4n) is 9.29. The molecule has 3 heterocycles. The highest BCUT2D eigenvalue weighted by Crippen LogP contribution is 2.41. The molecule has 61 heavy (non-hydrogen) atoms. The monoisotopic (exact) mass is 876 g/mol. The highest BCUT2D eigenvalue weighted by Gasteiger charge is 2.54. The van der Waals surface area contributed by atoms with Crippen molar-refractivity contribution in [3.05, 3.63) is 0 Å². The molecular weight excluding hydrogens is 794 g/mol. The number of methoxy groups -OCH3 is 2. The molecule has 1 amide bonds. The highest BCUT2D eigenvalue weighted by atomic mass is 16.7. The first kappa shape index (κ1) is 53.3. The number of carbonyl (C=O) groups is 3. The van der Waals surface area contributed by atoms with Gasteiger partial charge in [-0.3, -0.25) is 14.4 Å². The van der Waals surface area contributed by atoms with Crippen LogP contribution in [0.4, 0.5) is 0 Å². The minimum absolute atomic E-state index is 0.0839. The first-order chi connectivity index (χ1) is 28.3. The van der Waals surface area contributed by atoms with Crippen molar-refractivity contribution >= 4 is 17.8 Å². The van der Waals surface area contributed by atoms with Gasteiger partial charge in [0.05, 0.1) is 48.4 Å². The number of aliphatic hydroxyl groups is 3. The molecular formula is C44H81N3O14. The van der Waals surface area contributed by atoms with Crippen LogP contribution in [0.5, 0.6) is 0 Å². The average molecular weight is 876 g/mol. The number of rotatable bonds is 13. The maximum atomic E-state index is 14.5. The van der Waals surface area contributed by atoms with Crippen molar-refractivity contribution in [3.63, 3.8) is 0 Å². The molecule has 3 rings (SSSR count). The van der Waals surface area contributed by atoms with Crippen LogP contribution in [0.3, 0.4) is 0 Å². The van der Waals surface area contributed by atoms with E-state index in [1.807, 2.05) is 53.6 Å². The molecule has 0 bridgehead atoms. The Morgan fingerprint density at radius 1 is 0.951 bits per heavy atom. The van der Waals surface area contributed by atoms with Gasteiger partial charge in [0.25, 0.3) is 0 Å². The number of ether oxygens (including phenoxy) is 8. The molecule has 0 aromatic rings. The lowest BCUT2D eigenvalue weighted by Gasteiger charge is -2.49. The summed E-state index contributed by atoms with van der Waals surface area (Å²) >= 11 is 0. The number of amides is 1. The Morgan fingerprint density at radius 3 is 2.11 bits per heavy atom. The Morgan fingerprint density at radius 2 is 1.56 bits per heavy atom. The SMILES string of the molecule is CC[C@H]1OC(=O)[C@H](C)[C@@H](O[C@H]2C[C@@](C)(OC)[C@@H](OC(=O)CCNC(C)C)[C@H](C)O2)[C@H](C)[C@@H](O[C@@H]2O[C@H](C)C[C@H](N(C)C)[C@H]2O)[C@](C)(OC)C[C@@H](C)C(=O)N[C@H](C)[C@@H](O)[C@]1(C)O. The Kier molecular flexibility index (Phi) is 19.4. The zero-order valence-corrected chi connectivity index (χ0v) is 39.8. The van der Waals surface area contributed by atoms with Gasteiger partial charge >= 0.3 is 11.9 Å². The summed E-state index contributed by atoms with van der Waals surface area (Å²) in [6.07, 6.45) is -8.81. The van der Waals surface area contributed by atoms with Gasteiger partial charge in [0.1, 0.15) is 29.5 Å². The first-order valence-electron chi connectivity index (χ1n) is 22.2. The van der Waals surface area contributed by atoms with Gasteiger partial charge < -0.3 is 68.7 Å². The fourth-order valence-corrected chi connectivity index (χ4v) is 9.29. The van der Waals surface area contributed by atoms with E-state index in [1.165, 1.54) is 21.1 Å². The van der Waals surface area contributed by atoms with Crippen LogP contribution in [0.1, 0.15) is 115 Å². The standard InChI is InChI=1S/C44H81N3O14/c1-17-31-44(12,53)36(50)28(8)46-39(51)24(4)21-42(10,54-15)37(61-41-34(49)30(47(13)14)20-25(5)56-41)26(6)35(27(7)40(52)58-31)60-33-22-43(11,55-16)38(29(9)57-33)59-32(48)18-19-45-23(2)3/h23-31,33-38,41,45,49-50,53H,17-22H2,1-16H3,(H,46,51)/t24-,25-,26+,27-,28-,29+,30+,31-,33+,34-,35+,36-,37-,38+,41+,42-,43-,44-/m1/s1. The van der Waals surface area contributed by atoms with E-state index >= 15 is 0 Å². The summed E-state index contributed by atoms with van der Waals surface area (Å²) in [7, 11) is 6.78.